The molecule has 0 rings (SSSR count). The van der Waals surface area contributed by atoms with E-state index in [1.165, 1.54) is 0 Å². The zero-order chi connectivity index (χ0) is 15.5. The van der Waals surface area contributed by atoms with E-state index in [0.717, 1.165) is 12.2 Å². The average molecular weight is 286 g/mol. The topological polar surface area (TPSA) is 93.7 Å². The van der Waals surface area contributed by atoms with Crippen molar-refractivity contribution in [3.8, 4) is 0 Å². The molecule has 7 nitrogen and oxygen atoms in total. The van der Waals surface area contributed by atoms with Gasteiger partial charge >= 0.3 is 18.0 Å². The Morgan fingerprint density at radius 3 is 2.25 bits per heavy atom. The van der Waals surface area contributed by atoms with E-state index in [9.17, 15) is 14.4 Å². The lowest BCUT2D eigenvalue weighted by Gasteiger charge is -2.13. The van der Waals surface area contributed by atoms with Gasteiger partial charge < -0.3 is 20.1 Å². The molecule has 20 heavy (non-hydrogen) atoms. The molecule has 7 heteroatoms. The van der Waals surface area contributed by atoms with E-state index in [2.05, 4.69) is 10.6 Å². The molecule has 1 atom stereocenters. The number of carbonyl (C=O) groups is 3. The van der Waals surface area contributed by atoms with E-state index in [0.29, 0.717) is 6.54 Å². The Bertz CT molecular complexity index is 366. The number of hydrogen-bond acceptors (Lipinski definition) is 5. The first-order valence-corrected chi connectivity index (χ1v) is 6.45. The SMILES string of the molecule is CCNC(=O)NC(C)COC(=O)C=CC(=O)OC(C)C. The molecule has 2 N–H and O–H groups in total. The van der Waals surface area contributed by atoms with Gasteiger partial charge in [0, 0.05) is 18.7 Å². The highest BCUT2D eigenvalue weighted by molar-refractivity contribution is 5.91. The average Bonchev–Trinajstić information content (AvgIpc) is 2.33. The number of amides is 2. The van der Waals surface area contributed by atoms with Crippen molar-refractivity contribution in [3.05, 3.63) is 12.2 Å². The number of rotatable bonds is 7. The van der Waals surface area contributed by atoms with Gasteiger partial charge in [0.15, 0.2) is 0 Å². The van der Waals surface area contributed by atoms with Gasteiger partial charge in [0.05, 0.1) is 12.1 Å². The van der Waals surface area contributed by atoms with Crippen molar-refractivity contribution in [2.75, 3.05) is 13.2 Å². The number of hydrogen-bond donors (Lipinski definition) is 2. The first-order valence-electron chi connectivity index (χ1n) is 6.45. The van der Waals surface area contributed by atoms with E-state index in [1.54, 1.807) is 27.7 Å². The monoisotopic (exact) mass is 286 g/mol. The van der Waals surface area contributed by atoms with Crippen LogP contribution in [-0.2, 0) is 19.1 Å². The van der Waals surface area contributed by atoms with Crippen LogP contribution in [0.5, 0.6) is 0 Å². The minimum absolute atomic E-state index is 0.0134. The molecule has 0 spiro atoms. The molecule has 1 unspecified atom stereocenters. The molecule has 114 valence electrons. The maximum atomic E-state index is 11.3. The Labute approximate surface area is 118 Å². The van der Waals surface area contributed by atoms with Crippen molar-refractivity contribution in [1.29, 1.82) is 0 Å². The van der Waals surface area contributed by atoms with E-state index >= 15 is 0 Å². The quantitative estimate of drug-likeness (QED) is 0.532. The summed E-state index contributed by atoms with van der Waals surface area (Å²) in [6.07, 6.45) is 1.75. The van der Waals surface area contributed by atoms with Crippen molar-refractivity contribution in [3.63, 3.8) is 0 Å². The Morgan fingerprint density at radius 1 is 1.10 bits per heavy atom. The van der Waals surface area contributed by atoms with Crippen LogP contribution in [0.4, 0.5) is 4.79 Å². The molecule has 0 aliphatic carbocycles. The molecule has 0 fully saturated rings. The van der Waals surface area contributed by atoms with Gasteiger partial charge in [-0.2, -0.15) is 0 Å². The van der Waals surface area contributed by atoms with Crippen molar-refractivity contribution in [2.24, 2.45) is 0 Å². The van der Waals surface area contributed by atoms with E-state index in [4.69, 9.17) is 9.47 Å². The van der Waals surface area contributed by atoms with Gasteiger partial charge in [0.2, 0.25) is 0 Å². The molecule has 0 aromatic rings. The molecule has 0 aromatic heterocycles. The lowest BCUT2D eigenvalue weighted by molar-refractivity contribution is -0.143. The third kappa shape index (κ3) is 9.93. The van der Waals surface area contributed by atoms with E-state index in [-0.39, 0.29) is 24.8 Å². The summed E-state index contributed by atoms with van der Waals surface area (Å²) in [5.74, 6) is -1.28. The second kappa shape index (κ2) is 9.82. The van der Waals surface area contributed by atoms with Crippen LogP contribution in [0.1, 0.15) is 27.7 Å². The fraction of sp³-hybridized carbons (Fsp3) is 0.615. The number of esters is 2. The molecule has 0 aliphatic heterocycles. The molecule has 0 saturated heterocycles. The van der Waals surface area contributed by atoms with E-state index in [1.807, 2.05) is 0 Å². The summed E-state index contributed by atoms with van der Waals surface area (Å²) in [4.78, 5) is 33.6. The lowest BCUT2D eigenvalue weighted by atomic mass is 10.4. The van der Waals surface area contributed by atoms with Crippen molar-refractivity contribution >= 4 is 18.0 Å². The van der Waals surface area contributed by atoms with Crippen molar-refractivity contribution in [2.45, 2.75) is 39.8 Å². The molecule has 0 radical (unpaired) electrons. The third-order valence-electron chi connectivity index (χ3n) is 1.90. The standard InChI is InChI=1S/C13H22N2O5/c1-5-14-13(18)15-10(4)8-19-11(16)6-7-12(17)20-9(2)3/h6-7,9-10H,5,8H2,1-4H3,(H2,14,15,18). The van der Waals surface area contributed by atoms with Crippen LogP contribution in [0.3, 0.4) is 0 Å². The Hall–Kier alpha value is -2.05. The molecule has 2 amide bonds. The largest absolute Gasteiger partial charge is 0.460 e. The number of nitrogens with one attached hydrogen (secondary N) is 2. The molecular weight excluding hydrogens is 264 g/mol. The molecule has 0 aromatic carbocycles. The van der Waals surface area contributed by atoms with Crippen molar-refractivity contribution < 1.29 is 23.9 Å². The second-order valence-electron chi connectivity index (χ2n) is 4.35. The molecule has 0 saturated carbocycles. The highest BCUT2D eigenvalue weighted by atomic mass is 16.5. The van der Waals surface area contributed by atoms with Crippen molar-refractivity contribution in [1.82, 2.24) is 10.6 Å². The van der Waals surface area contributed by atoms with E-state index < -0.39 is 11.9 Å². The highest BCUT2D eigenvalue weighted by Gasteiger charge is 2.08. The van der Waals surface area contributed by atoms with Crippen LogP contribution < -0.4 is 10.6 Å². The zero-order valence-electron chi connectivity index (χ0n) is 12.3. The molecule has 0 aliphatic rings. The summed E-state index contributed by atoms with van der Waals surface area (Å²) < 4.78 is 9.67. The van der Waals surface area contributed by atoms with Crippen LogP contribution >= 0.6 is 0 Å². The first-order chi connectivity index (χ1) is 9.35. The van der Waals surface area contributed by atoms with Gasteiger partial charge in [0.1, 0.15) is 6.61 Å². The maximum absolute atomic E-state index is 11.3. The van der Waals surface area contributed by atoms with Crippen LogP contribution in [0.15, 0.2) is 12.2 Å². The Morgan fingerprint density at radius 2 is 1.70 bits per heavy atom. The van der Waals surface area contributed by atoms with Crippen LogP contribution in [0.2, 0.25) is 0 Å². The number of urea groups is 1. The van der Waals surface area contributed by atoms with Gasteiger partial charge in [-0.15, -0.1) is 0 Å². The molecular formula is C13H22N2O5. The maximum Gasteiger partial charge on any atom is 0.331 e. The summed E-state index contributed by atoms with van der Waals surface area (Å²) in [6, 6.07) is -0.659. The summed E-state index contributed by atoms with van der Waals surface area (Å²) in [7, 11) is 0. The minimum atomic E-state index is -0.671. The fourth-order valence-corrected chi connectivity index (χ4v) is 1.14. The van der Waals surface area contributed by atoms with Crippen LogP contribution in [0, 0.1) is 0 Å². The highest BCUT2D eigenvalue weighted by Crippen LogP contribution is 1.92. The minimum Gasteiger partial charge on any atom is -0.460 e. The normalized spacial score (nSPS) is 12.1. The predicted octanol–water partition coefficient (Wildman–Crippen LogP) is 0.745. The summed E-state index contributed by atoms with van der Waals surface area (Å²) in [5.41, 5.74) is 0. The number of carbonyl (C=O) groups excluding carboxylic acids is 3. The van der Waals surface area contributed by atoms with Crippen LogP contribution in [-0.4, -0.2) is 43.3 Å². The summed E-state index contributed by atoms with van der Waals surface area (Å²) in [5, 5.41) is 5.14. The van der Waals surface area contributed by atoms with Gasteiger partial charge in [-0.25, -0.2) is 14.4 Å². The second-order valence-corrected chi connectivity index (χ2v) is 4.35. The number of ether oxygens (including phenoxy) is 2. The first kappa shape index (κ1) is 17.9. The Kier molecular flexibility index (Phi) is 8.82. The summed E-state index contributed by atoms with van der Waals surface area (Å²) in [6.45, 7) is 7.43. The molecule has 0 bridgehead atoms. The summed E-state index contributed by atoms with van der Waals surface area (Å²) >= 11 is 0. The Balaban J connectivity index is 3.95. The van der Waals surface area contributed by atoms with Crippen LogP contribution in [0.25, 0.3) is 0 Å². The lowest BCUT2D eigenvalue weighted by Crippen LogP contribution is -2.42. The molecule has 0 heterocycles. The smallest absolute Gasteiger partial charge is 0.331 e. The predicted molar refractivity (Wildman–Crippen MR) is 73.0 cm³/mol. The van der Waals surface area contributed by atoms with Gasteiger partial charge in [-0.05, 0) is 27.7 Å². The van der Waals surface area contributed by atoms with Gasteiger partial charge in [0.25, 0.3) is 0 Å². The van der Waals surface area contributed by atoms with Gasteiger partial charge in [-0.1, -0.05) is 0 Å². The van der Waals surface area contributed by atoms with Gasteiger partial charge in [-0.3, -0.25) is 0 Å². The third-order valence-corrected chi connectivity index (χ3v) is 1.90. The zero-order valence-corrected chi connectivity index (χ0v) is 12.3. The fourth-order valence-electron chi connectivity index (χ4n) is 1.14.